The molecule has 4 aromatic rings. The number of aromatic nitrogens is 3. The molecular weight excluding hydrogens is 518 g/mol. The predicted octanol–water partition coefficient (Wildman–Crippen LogP) is 5.96. The van der Waals surface area contributed by atoms with Crippen LogP contribution in [0.2, 0.25) is 0 Å². The van der Waals surface area contributed by atoms with Crippen molar-refractivity contribution in [1.82, 2.24) is 19.1 Å². The van der Waals surface area contributed by atoms with E-state index in [1.54, 1.807) is 22.9 Å². The molecule has 0 spiro atoms. The number of hydrogen-bond acceptors (Lipinski definition) is 6. The monoisotopic (exact) mass is 553 g/mol. The maximum Gasteiger partial charge on any atom is 0.256 e. The van der Waals surface area contributed by atoms with Gasteiger partial charge < -0.3 is 5.32 Å². The molecule has 10 heteroatoms. The Morgan fingerprint density at radius 3 is 2.18 bits per heavy atom. The molecule has 0 atom stereocenters. The highest BCUT2D eigenvalue weighted by Gasteiger charge is 2.26. The van der Waals surface area contributed by atoms with Gasteiger partial charge in [-0.25, -0.2) is 13.4 Å². The molecule has 0 saturated heterocycles. The molecule has 0 radical (unpaired) electrons. The lowest BCUT2D eigenvalue weighted by atomic mass is 10.1. The lowest BCUT2D eigenvalue weighted by Gasteiger charge is -2.25. The highest BCUT2D eigenvalue weighted by Crippen LogP contribution is 2.29. The zero-order valence-electron chi connectivity index (χ0n) is 22.9. The summed E-state index contributed by atoms with van der Waals surface area (Å²) in [7, 11) is -3.67. The summed E-state index contributed by atoms with van der Waals surface area (Å²) in [5.74, 6) is 0.538. The Hall–Kier alpha value is -3.08. The van der Waals surface area contributed by atoms with E-state index in [0.717, 1.165) is 15.9 Å². The predicted molar refractivity (Wildman–Crippen MR) is 154 cm³/mol. The number of nitrogens with zero attached hydrogens (tertiary/aromatic N) is 4. The van der Waals surface area contributed by atoms with E-state index in [1.807, 2.05) is 34.6 Å². The molecule has 0 unspecified atom stereocenters. The van der Waals surface area contributed by atoms with E-state index >= 15 is 0 Å². The SMILES string of the molecule is Cc1cc(NC(=O)c2ccc(S(=O)(=O)N(CC(C)C)CC(C)C)cc2)n(-c2nc3cc(C)c(C)cc3s2)n1. The molecule has 4 rings (SSSR count). The number of thiazole rings is 1. The maximum absolute atomic E-state index is 13.3. The quantitative estimate of drug-likeness (QED) is 0.276. The number of sulfonamides is 1. The van der Waals surface area contributed by atoms with Gasteiger partial charge in [0, 0.05) is 24.7 Å². The van der Waals surface area contributed by atoms with Crippen molar-refractivity contribution in [2.75, 3.05) is 18.4 Å². The molecule has 0 aliphatic heterocycles. The smallest absolute Gasteiger partial charge is 0.256 e. The molecule has 2 aromatic carbocycles. The number of rotatable bonds is 9. The summed E-state index contributed by atoms with van der Waals surface area (Å²) in [5.41, 5.74) is 4.34. The van der Waals surface area contributed by atoms with E-state index in [4.69, 9.17) is 4.98 Å². The van der Waals surface area contributed by atoms with Gasteiger partial charge in [-0.3, -0.25) is 4.79 Å². The molecule has 0 aliphatic carbocycles. The van der Waals surface area contributed by atoms with Gasteiger partial charge >= 0.3 is 0 Å². The molecular formula is C28H35N5O3S2. The van der Waals surface area contributed by atoms with Crippen LogP contribution in [0.4, 0.5) is 5.82 Å². The van der Waals surface area contributed by atoms with Crippen LogP contribution in [0, 0.1) is 32.6 Å². The van der Waals surface area contributed by atoms with Gasteiger partial charge in [-0.15, -0.1) is 0 Å². The number of anilines is 1. The molecule has 38 heavy (non-hydrogen) atoms. The molecule has 0 fully saturated rings. The third kappa shape index (κ3) is 5.98. The van der Waals surface area contributed by atoms with Gasteiger partial charge in [-0.2, -0.15) is 14.1 Å². The normalized spacial score (nSPS) is 12.3. The molecule has 1 N–H and O–H groups in total. The van der Waals surface area contributed by atoms with Crippen LogP contribution in [0.5, 0.6) is 0 Å². The van der Waals surface area contributed by atoms with Gasteiger partial charge in [-0.1, -0.05) is 39.0 Å². The zero-order chi connectivity index (χ0) is 27.8. The largest absolute Gasteiger partial charge is 0.306 e. The molecule has 8 nitrogen and oxygen atoms in total. The first kappa shape index (κ1) is 27.9. The van der Waals surface area contributed by atoms with Crippen LogP contribution in [-0.4, -0.2) is 46.5 Å². The number of benzene rings is 2. The second-order valence-electron chi connectivity index (χ2n) is 10.6. The number of nitrogens with one attached hydrogen (secondary N) is 1. The van der Waals surface area contributed by atoms with E-state index in [2.05, 4.69) is 36.4 Å². The van der Waals surface area contributed by atoms with Gasteiger partial charge in [0.1, 0.15) is 5.82 Å². The first-order valence-corrected chi connectivity index (χ1v) is 15.0. The van der Waals surface area contributed by atoms with Crippen LogP contribution in [0.1, 0.15) is 54.9 Å². The topological polar surface area (TPSA) is 97.2 Å². The molecule has 1 amide bonds. The second kappa shape index (κ2) is 11.0. The van der Waals surface area contributed by atoms with Crippen LogP contribution >= 0.6 is 11.3 Å². The number of carbonyl (C=O) groups excluding carboxylic acids is 1. The van der Waals surface area contributed by atoms with Crippen LogP contribution in [0.15, 0.2) is 47.4 Å². The minimum atomic E-state index is -3.67. The lowest BCUT2D eigenvalue weighted by Crippen LogP contribution is -2.37. The minimum Gasteiger partial charge on any atom is -0.306 e. The van der Waals surface area contributed by atoms with Crippen LogP contribution in [0.25, 0.3) is 15.3 Å². The van der Waals surface area contributed by atoms with Crippen molar-refractivity contribution >= 4 is 43.3 Å². The summed E-state index contributed by atoms with van der Waals surface area (Å²) >= 11 is 1.51. The van der Waals surface area contributed by atoms with E-state index in [0.29, 0.717) is 29.6 Å². The third-order valence-corrected chi connectivity index (χ3v) is 8.98. The molecule has 0 aliphatic rings. The minimum absolute atomic E-state index is 0.177. The fraction of sp³-hybridized carbons (Fsp3) is 0.393. The Morgan fingerprint density at radius 2 is 1.58 bits per heavy atom. The van der Waals surface area contributed by atoms with Gasteiger partial charge in [0.2, 0.25) is 15.2 Å². The van der Waals surface area contributed by atoms with Gasteiger partial charge in [0.15, 0.2) is 0 Å². The maximum atomic E-state index is 13.3. The lowest BCUT2D eigenvalue weighted by molar-refractivity contribution is 0.102. The number of fused-ring (bicyclic) bond motifs is 1. The van der Waals surface area contributed by atoms with Crippen molar-refractivity contribution in [2.45, 2.75) is 53.4 Å². The van der Waals surface area contributed by atoms with Gasteiger partial charge in [0.25, 0.3) is 5.91 Å². The van der Waals surface area contributed by atoms with E-state index in [9.17, 15) is 13.2 Å². The van der Waals surface area contributed by atoms with Gasteiger partial charge in [0.05, 0.1) is 20.8 Å². The van der Waals surface area contributed by atoms with Gasteiger partial charge in [-0.05, 0) is 80.1 Å². The Kier molecular flexibility index (Phi) is 8.06. The van der Waals surface area contributed by atoms with Crippen LogP contribution < -0.4 is 5.32 Å². The van der Waals surface area contributed by atoms with Crippen molar-refractivity contribution in [3.8, 4) is 5.13 Å². The standard InChI is InChI=1S/C28H35N5O3S2/c1-17(2)15-32(16-18(3)4)38(35,36)23-10-8-22(9-11-23)27(34)30-26-14-21(7)31-33(26)28-29-24-12-19(5)20(6)13-25(24)37-28/h8-14,17-18H,15-16H2,1-7H3,(H,30,34). The van der Waals surface area contributed by atoms with E-state index in [-0.39, 0.29) is 22.6 Å². The summed E-state index contributed by atoms with van der Waals surface area (Å²) in [6.07, 6.45) is 0. The molecule has 2 heterocycles. The molecule has 202 valence electrons. The number of amides is 1. The first-order valence-electron chi connectivity index (χ1n) is 12.7. The number of carbonyl (C=O) groups is 1. The van der Waals surface area contributed by atoms with E-state index in [1.165, 1.54) is 38.9 Å². The van der Waals surface area contributed by atoms with Crippen LogP contribution in [-0.2, 0) is 10.0 Å². The molecule has 2 aromatic heterocycles. The van der Waals surface area contributed by atoms with E-state index < -0.39 is 10.0 Å². The summed E-state index contributed by atoms with van der Waals surface area (Å²) in [5, 5.41) is 8.12. The van der Waals surface area contributed by atoms with Crippen molar-refractivity contribution in [1.29, 1.82) is 0 Å². The Bertz CT molecular complexity index is 1520. The molecule has 0 saturated carbocycles. The second-order valence-corrected chi connectivity index (χ2v) is 13.5. The first-order chi connectivity index (χ1) is 17.8. The summed E-state index contributed by atoms with van der Waals surface area (Å²) < 4.78 is 30.8. The van der Waals surface area contributed by atoms with Crippen molar-refractivity contribution < 1.29 is 13.2 Å². The van der Waals surface area contributed by atoms with Crippen LogP contribution in [0.3, 0.4) is 0 Å². The Morgan fingerprint density at radius 1 is 0.974 bits per heavy atom. The third-order valence-electron chi connectivity index (χ3n) is 6.14. The Balaban J connectivity index is 1.57. The number of aryl methyl sites for hydroxylation is 3. The molecule has 0 bridgehead atoms. The fourth-order valence-corrected chi connectivity index (χ4v) is 6.97. The number of hydrogen-bond donors (Lipinski definition) is 1. The van der Waals surface area contributed by atoms with Crippen molar-refractivity contribution in [2.24, 2.45) is 11.8 Å². The highest BCUT2D eigenvalue weighted by atomic mass is 32.2. The van der Waals surface area contributed by atoms with Crippen molar-refractivity contribution in [3.63, 3.8) is 0 Å². The Labute approximate surface area is 228 Å². The fourth-order valence-electron chi connectivity index (χ4n) is 4.19. The van der Waals surface area contributed by atoms with Crippen molar-refractivity contribution in [3.05, 3.63) is 64.8 Å². The zero-order valence-corrected chi connectivity index (χ0v) is 24.6. The summed E-state index contributed by atoms with van der Waals surface area (Å²) in [6, 6.07) is 12.0. The average molecular weight is 554 g/mol. The summed E-state index contributed by atoms with van der Waals surface area (Å²) in [6.45, 7) is 14.9. The summed E-state index contributed by atoms with van der Waals surface area (Å²) in [4.78, 5) is 18.0. The highest BCUT2D eigenvalue weighted by molar-refractivity contribution is 7.89. The average Bonchev–Trinajstić information content (AvgIpc) is 3.40.